The Morgan fingerprint density at radius 1 is 1.04 bits per heavy atom. The quantitative estimate of drug-likeness (QED) is 0.215. The molecular formula is C33H29ClF3N7O3. The molecule has 2 fully saturated rings. The number of rotatable bonds is 6. The Morgan fingerprint density at radius 2 is 1.81 bits per heavy atom. The fourth-order valence-electron chi connectivity index (χ4n) is 6.87. The molecule has 7 rings (SSSR count). The van der Waals surface area contributed by atoms with Crippen molar-refractivity contribution in [3.05, 3.63) is 76.5 Å². The van der Waals surface area contributed by atoms with Crippen molar-refractivity contribution in [1.29, 1.82) is 0 Å². The number of halogens is 4. The van der Waals surface area contributed by atoms with E-state index in [0.717, 1.165) is 28.8 Å². The van der Waals surface area contributed by atoms with Crippen LogP contribution in [0, 0.1) is 19.3 Å². The van der Waals surface area contributed by atoms with Gasteiger partial charge in [-0.25, -0.2) is 14.5 Å². The second-order valence-electron chi connectivity index (χ2n) is 12.7. The van der Waals surface area contributed by atoms with Crippen LogP contribution in [0.25, 0.3) is 27.7 Å². The van der Waals surface area contributed by atoms with E-state index in [1.165, 1.54) is 11.8 Å². The van der Waals surface area contributed by atoms with Gasteiger partial charge in [0.25, 0.3) is 0 Å². The fourth-order valence-corrected chi connectivity index (χ4v) is 7.02. The van der Waals surface area contributed by atoms with Gasteiger partial charge in [0.2, 0.25) is 11.8 Å². The van der Waals surface area contributed by atoms with E-state index in [2.05, 4.69) is 20.4 Å². The third kappa shape index (κ3) is 5.32. The molecule has 1 aromatic carbocycles. The van der Waals surface area contributed by atoms with Gasteiger partial charge < -0.3 is 14.8 Å². The molecule has 5 heterocycles. The van der Waals surface area contributed by atoms with Crippen molar-refractivity contribution in [3.63, 3.8) is 0 Å². The number of pyridine rings is 2. The summed E-state index contributed by atoms with van der Waals surface area (Å²) < 4.78 is 43.3. The summed E-state index contributed by atoms with van der Waals surface area (Å²) in [6, 6.07) is 8.33. The molecule has 14 heteroatoms. The van der Waals surface area contributed by atoms with E-state index in [-0.39, 0.29) is 34.7 Å². The smallest absolute Gasteiger partial charge is 0.337 e. The van der Waals surface area contributed by atoms with E-state index < -0.39 is 29.6 Å². The second-order valence-corrected chi connectivity index (χ2v) is 13.1. The van der Waals surface area contributed by atoms with Gasteiger partial charge >= 0.3 is 6.18 Å². The van der Waals surface area contributed by atoms with E-state index >= 15 is 0 Å². The van der Waals surface area contributed by atoms with Gasteiger partial charge in [0.1, 0.15) is 24.1 Å². The lowest BCUT2D eigenvalue weighted by molar-refractivity contribution is -0.141. The van der Waals surface area contributed by atoms with Crippen molar-refractivity contribution in [2.24, 2.45) is 5.41 Å². The number of hydrogen-bond acceptors (Lipinski definition) is 6. The van der Waals surface area contributed by atoms with E-state index in [9.17, 15) is 27.6 Å². The number of piperidine rings is 1. The Kier molecular flexibility index (Phi) is 6.97. The molecule has 2 amide bonds. The summed E-state index contributed by atoms with van der Waals surface area (Å²) in [7, 11) is 0. The minimum absolute atomic E-state index is 0.146. The summed E-state index contributed by atoms with van der Waals surface area (Å²) >= 11 is 6.08. The van der Waals surface area contributed by atoms with Crippen LogP contribution in [0.4, 0.5) is 19.0 Å². The Labute approximate surface area is 271 Å². The van der Waals surface area contributed by atoms with Crippen LogP contribution in [-0.2, 0) is 22.3 Å². The number of alkyl halides is 3. The molecule has 47 heavy (non-hydrogen) atoms. The third-order valence-electron chi connectivity index (χ3n) is 9.22. The number of ketones is 1. The lowest BCUT2D eigenvalue weighted by Gasteiger charge is -2.27. The van der Waals surface area contributed by atoms with Gasteiger partial charge in [-0.3, -0.25) is 14.4 Å². The summed E-state index contributed by atoms with van der Waals surface area (Å²) in [6.45, 7) is 7.02. The standard InChI is InChI=1S/C33H29ClF3N7O3/c1-16-9-20(19-5-8-27-38-18(3)41-43(27)13-19)10-21-22(17(2)45)14-42(29(16)21)15-28(46)44-24(11-32(4)12-26(32)44)31(47)40-30-23(34)6-7-25(39-30)33(35,36)37/h5-10,13-14,24,26H,11-12,15H2,1-4H3,(H,39,40,47)/t24-,26+,32-/m0/s1. The average molecular weight is 664 g/mol. The number of carbonyl (C=O) groups excluding carboxylic acids is 3. The van der Waals surface area contributed by atoms with Crippen molar-refractivity contribution in [3.8, 4) is 11.1 Å². The number of fused-ring (bicyclic) bond motifs is 3. The van der Waals surface area contributed by atoms with Gasteiger partial charge in [-0.2, -0.15) is 18.3 Å². The first-order valence-corrected chi connectivity index (χ1v) is 15.3. The van der Waals surface area contributed by atoms with Crippen molar-refractivity contribution >= 4 is 51.6 Å². The molecule has 242 valence electrons. The van der Waals surface area contributed by atoms with Crippen LogP contribution in [0.15, 0.2) is 48.8 Å². The van der Waals surface area contributed by atoms with Crippen LogP contribution in [0.3, 0.4) is 0 Å². The zero-order valence-corrected chi connectivity index (χ0v) is 26.6. The molecule has 1 N–H and O–H groups in total. The number of likely N-dealkylation sites (tertiary alicyclic amines) is 1. The van der Waals surface area contributed by atoms with Crippen molar-refractivity contribution in [2.75, 3.05) is 5.32 Å². The van der Waals surface area contributed by atoms with Crippen molar-refractivity contribution in [1.82, 2.24) is 29.0 Å². The van der Waals surface area contributed by atoms with Crippen LogP contribution in [0.1, 0.15) is 54.1 Å². The number of aromatic nitrogens is 5. The van der Waals surface area contributed by atoms with Crippen molar-refractivity contribution in [2.45, 2.75) is 65.3 Å². The number of Topliss-reactive ketones (excluding diaryl/α,β-unsaturated/α-hetero) is 1. The molecule has 2 aliphatic rings. The van der Waals surface area contributed by atoms with E-state index in [0.29, 0.717) is 40.8 Å². The molecule has 0 radical (unpaired) electrons. The summed E-state index contributed by atoms with van der Waals surface area (Å²) in [5, 5.41) is 7.36. The third-order valence-corrected chi connectivity index (χ3v) is 9.53. The zero-order valence-electron chi connectivity index (χ0n) is 25.8. The van der Waals surface area contributed by atoms with E-state index in [1.807, 2.05) is 51.2 Å². The number of nitrogens with one attached hydrogen (secondary N) is 1. The van der Waals surface area contributed by atoms with Crippen LogP contribution >= 0.6 is 11.6 Å². The number of amides is 2. The van der Waals surface area contributed by atoms with E-state index in [1.54, 1.807) is 15.3 Å². The van der Waals surface area contributed by atoms with Gasteiger partial charge in [-0.1, -0.05) is 18.5 Å². The highest BCUT2D eigenvalue weighted by Crippen LogP contribution is 2.59. The largest absolute Gasteiger partial charge is 0.433 e. The SMILES string of the molecule is CC(=O)c1cn(CC(=O)N2[C@H](C(=O)Nc3nc(C(F)(F)F)ccc3Cl)C[C@@]3(C)C[C@@H]23)c2c(C)cc(-c3ccc4nc(C)nn4c3)cc12. The minimum atomic E-state index is -4.73. The van der Waals surface area contributed by atoms with Gasteiger partial charge in [0.05, 0.1) is 10.5 Å². The first kappa shape index (κ1) is 30.9. The first-order valence-electron chi connectivity index (χ1n) is 15.0. The number of anilines is 1. The Morgan fingerprint density at radius 3 is 2.53 bits per heavy atom. The molecule has 0 spiro atoms. The Hall–Kier alpha value is -4.78. The molecule has 1 saturated heterocycles. The van der Waals surface area contributed by atoms with Crippen LogP contribution in [-0.4, -0.2) is 58.7 Å². The average Bonchev–Trinajstić information content (AvgIpc) is 3.26. The summed E-state index contributed by atoms with van der Waals surface area (Å²) in [4.78, 5) is 49.7. The number of nitrogens with zero attached hydrogens (tertiary/aromatic N) is 6. The zero-order chi connectivity index (χ0) is 33.6. The highest BCUT2D eigenvalue weighted by atomic mass is 35.5. The fraction of sp³-hybridized carbons (Fsp3) is 0.333. The Balaban J connectivity index is 1.19. The number of hydrogen-bond donors (Lipinski definition) is 1. The molecule has 5 aromatic rings. The monoisotopic (exact) mass is 663 g/mol. The lowest BCUT2D eigenvalue weighted by Crippen LogP contribution is -2.46. The molecule has 0 bridgehead atoms. The molecule has 10 nitrogen and oxygen atoms in total. The van der Waals surface area contributed by atoms with Crippen LogP contribution in [0.2, 0.25) is 5.02 Å². The normalized spacial score (nSPS) is 20.6. The topological polar surface area (TPSA) is 114 Å². The Bertz CT molecular complexity index is 2160. The van der Waals surface area contributed by atoms with Gasteiger partial charge in [0.15, 0.2) is 17.2 Å². The summed E-state index contributed by atoms with van der Waals surface area (Å²) in [5.74, 6) is -0.949. The van der Waals surface area contributed by atoms with Crippen LogP contribution in [0.5, 0.6) is 0 Å². The predicted octanol–water partition coefficient (Wildman–Crippen LogP) is 6.26. The molecule has 4 aromatic heterocycles. The maximum atomic E-state index is 14.0. The van der Waals surface area contributed by atoms with Gasteiger partial charge in [-0.05, 0) is 86.6 Å². The molecule has 3 atom stereocenters. The van der Waals surface area contributed by atoms with Crippen molar-refractivity contribution < 1.29 is 27.6 Å². The summed E-state index contributed by atoms with van der Waals surface area (Å²) in [5.41, 5.74) is 2.97. The number of benzene rings is 1. The molecule has 1 saturated carbocycles. The van der Waals surface area contributed by atoms with Crippen LogP contribution < -0.4 is 5.32 Å². The van der Waals surface area contributed by atoms with Gasteiger partial charge in [-0.15, -0.1) is 0 Å². The minimum Gasteiger partial charge on any atom is -0.337 e. The molecule has 1 aliphatic heterocycles. The maximum Gasteiger partial charge on any atom is 0.433 e. The number of carbonyl (C=O) groups is 3. The first-order chi connectivity index (χ1) is 22.1. The number of aryl methyl sites for hydroxylation is 2. The maximum absolute atomic E-state index is 14.0. The molecule has 1 aliphatic carbocycles. The lowest BCUT2D eigenvalue weighted by atomic mass is 9.99. The molecular weight excluding hydrogens is 635 g/mol. The van der Waals surface area contributed by atoms with E-state index in [4.69, 9.17) is 11.6 Å². The second kappa shape index (κ2) is 10.6. The highest BCUT2D eigenvalue weighted by molar-refractivity contribution is 6.33. The summed E-state index contributed by atoms with van der Waals surface area (Å²) in [6.07, 6.45) is -0.148. The molecule has 0 unspecified atom stereocenters. The predicted molar refractivity (Wildman–Crippen MR) is 168 cm³/mol. The van der Waals surface area contributed by atoms with Gasteiger partial charge in [0, 0.05) is 34.9 Å². The highest BCUT2D eigenvalue weighted by Gasteiger charge is 2.64.